The van der Waals surface area contributed by atoms with Crippen molar-refractivity contribution in [2.75, 3.05) is 6.54 Å². The summed E-state index contributed by atoms with van der Waals surface area (Å²) in [4.78, 5) is 16.5. The first-order valence-electron chi connectivity index (χ1n) is 7.49. The van der Waals surface area contributed by atoms with Gasteiger partial charge in [0, 0.05) is 13.1 Å². The molecule has 0 radical (unpaired) electrons. The van der Waals surface area contributed by atoms with Gasteiger partial charge in [-0.2, -0.15) is 0 Å². The van der Waals surface area contributed by atoms with Gasteiger partial charge in [0.25, 0.3) is 0 Å². The summed E-state index contributed by atoms with van der Waals surface area (Å²) < 4.78 is 2.12. The van der Waals surface area contributed by atoms with Crippen LogP contribution in [0, 0.1) is 12.8 Å². The molecule has 3 N–H and O–H groups in total. The molecule has 21 heavy (non-hydrogen) atoms. The van der Waals surface area contributed by atoms with Crippen molar-refractivity contribution in [3.63, 3.8) is 0 Å². The van der Waals surface area contributed by atoms with Gasteiger partial charge in [0.05, 0.1) is 17.1 Å². The second-order valence-electron chi connectivity index (χ2n) is 5.50. The Labute approximate surface area is 125 Å². The van der Waals surface area contributed by atoms with Crippen LogP contribution in [0.1, 0.15) is 26.1 Å². The van der Waals surface area contributed by atoms with Crippen molar-refractivity contribution in [1.29, 1.82) is 0 Å². The normalized spacial score (nSPS) is 14.1. The van der Waals surface area contributed by atoms with Gasteiger partial charge in [-0.1, -0.05) is 32.4 Å². The Morgan fingerprint density at radius 1 is 1.43 bits per heavy atom. The standard InChI is InChI=1S/C16H24N4O/c1-4-11(2)15(17)16(21)18-9-10-20-12(3)19-13-7-5-6-8-14(13)20/h5-8,11,15H,4,9-10,17H2,1-3H3,(H,18,21). The molecule has 0 fully saturated rings. The summed E-state index contributed by atoms with van der Waals surface area (Å²) in [7, 11) is 0. The number of nitrogens with two attached hydrogens (primary N) is 1. The lowest BCUT2D eigenvalue weighted by Gasteiger charge is -2.18. The second-order valence-corrected chi connectivity index (χ2v) is 5.50. The number of para-hydroxylation sites is 2. The van der Waals surface area contributed by atoms with Crippen LogP contribution < -0.4 is 11.1 Å². The lowest BCUT2D eigenvalue weighted by molar-refractivity contribution is -0.123. The molecule has 0 aliphatic rings. The number of amides is 1. The van der Waals surface area contributed by atoms with Crippen LogP contribution in [0.25, 0.3) is 11.0 Å². The maximum atomic E-state index is 12.0. The number of benzene rings is 1. The number of carbonyl (C=O) groups excluding carboxylic acids is 1. The fourth-order valence-electron chi connectivity index (χ4n) is 2.40. The number of aromatic nitrogens is 2. The van der Waals surface area contributed by atoms with Crippen molar-refractivity contribution in [2.45, 2.75) is 39.8 Å². The lowest BCUT2D eigenvalue weighted by Crippen LogP contribution is -2.45. The topological polar surface area (TPSA) is 72.9 Å². The van der Waals surface area contributed by atoms with Gasteiger partial charge < -0.3 is 15.6 Å². The van der Waals surface area contributed by atoms with E-state index in [2.05, 4.69) is 14.9 Å². The first-order chi connectivity index (χ1) is 10.0. The molecule has 1 amide bonds. The molecule has 1 heterocycles. The Bertz CT molecular complexity index is 620. The van der Waals surface area contributed by atoms with Crippen LogP contribution in [0.15, 0.2) is 24.3 Å². The van der Waals surface area contributed by atoms with Crippen LogP contribution in [0.5, 0.6) is 0 Å². The minimum atomic E-state index is -0.435. The highest BCUT2D eigenvalue weighted by atomic mass is 16.2. The summed E-state index contributed by atoms with van der Waals surface area (Å²) in [6, 6.07) is 7.58. The molecule has 2 unspecified atom stereocenters. The largest absolute Gasteiger partial charge is 0.353 e. The highest BCUT2D eigenvalue weighted by molar-refractivity contribution is 5.81. The van der Waals surface area contributed by atoms with Gasteiger partial charge in [-0.25, -0.2) is 4.98 Å². The number of carbonyl (C=O) groups is 1. The van der Waals surface area contributed by atoms with Crippen LogP contribution in [0.3, 0.4) is 0 Å². The molecular formula is C16H24N4O. The van der Waals surface area contributed by atoms with Crippen LogP contribution >= 0.6 is 0 Å². The zero-order chi connectivity index (χ0) is 15.4. The molecule has 0 aliphatic heterocycles. The van der Waals surface area contributed by atoms with Gasteiger partial charge in [0.2, 0.25) is 5.91 Å². The highest BCUT2D eigenvalue weighted by Crippen LogP contribution is 2.14. The van der Waals surface area contributed by atoms with Crippen molar-refractivity contribution >= 4 is 16.9 Å². The van der Waals surface area contributed by atoms with E-state index in [0.717, 1.165) is 23.3 Å². The third-order valence-corrected chi connectivity index (χ3v) is 4.04. The van der Waals surface area contributed by atoms with Gasteiger partial charge in [-0.05, 0) is 25.0 Å². The number of hydrogen-bond acceptors (Lipinski definition) is 3. The van der Waals surface area contributed by atoms with Gasteiger partial charge >= 0.3 is 0 Å². The number of rotatable bonds is 6. The molecule has 2 rings (SSSR count). The van der Waals surface area contributed by atoms with E-state index in [4.69, 9.17) is 5.73 Å². The number of nitrogens with one attached hydrogen (secondary N) is 1. The predicted octanol–water partition coefficient (Wildman–Crippen LogP) is 1.83. The smallest absolute Gasteiger partial charge is 0.237 e. The van der Waals surface area contributed by atoms with E-state index < -0.39 is 6.04 Å². The van der Waals surface area contributed by atoms with E-state index in [1.165, 1.54) is 0 Å². The van der Waals surface area contributed by atoms with E-state index in [-0.39, 0.29) is 11.8 Å². The molecule has 1 aromatic carbocycles. The number of nitrogens with zero attached hydrogens (tertiary/aromatic N) is 2. The SMILES string of the molecule is CCC(C)C(N)C(=O)NCCn1c(C)nc2ccccc21. The number of fused-ring (bicyclic) bond motifs is 1. The van der Waals surface area contributed by atoms with Crippen LogP contribution in [-0.4, -0.2) is 28.0 Å². The predicted molar refractivity (Wildman–Crippen MR) is 84.9 cm³/mol. The van der Waals surface area contributed by atoms with E-state index in [9.17, 15) is 4.79 Å². The van der Waals surface area contributed by atoms with Crippen molar-refractivity contribution in [3.8, 4) is 0 Å². The molecule has 0 saturated heterocycles. The number of aryl methyl sites for hydroxylation is 1. The summed E-state index contributed by atoms with van der Waals surface area (Å²) in [5.74, 6) is 1.07. The first kappa shape index (κ1) is 15.5. The quantitative estimate of drug-likeness (QED) is 0.852. The highest BCUT2D eigenvalue weighted by Gasteiger charge is 2.18. The zero-order valence-corrected chi connectivity index (χ0v) is 13.0. The van der Waals surface area contributed by atoms with Crippen LogP contribution in [0.2, 0.25) is 0 Å². The summed E-state index contributed by atoms with van der Waals surface area (Å²) in [6.07, 6.45) is 0.903. The average Bonchev–Trinajstić information content (AvgIpc) is 2.81. The van der Waals surface area contributed by atoms with Crippen LogP contribution in [-0.2, 0) is 11.3 Å². The Hall–Kier alpha value is -1.88. The Morgan fingerprint density at radius 3 is 2.86 bits per heavy atom. The molecular weight excluding hydrogens is 264 g/mol. The molecule has 1 aromatic heterocycles. The minimum Gasteiger partial charge on any atom is -0.353 e. The van der Waals surface area contributed by atoms with E-state index in [1.54, 1.807) is 0 Å². The second kappa shape index (κ2) is 6.72. The molecule has 0 saturated carbocycles. The molecule has 0 bridgehead atoms. The van der Waals surface area contributed by atoms with Crippen molar-refractivity contribution in [1.82, 2.24) is 14.9 Å². The molecule has 5 heteroatoms. The van der Waals surface area contributed by atoms with E-state index in [1.807, 2.05) is 45.0 Å². The average molecular weight is 288 g/mol. The van der Waals surface area contributed by atoms with E-state index in [0.29, 0.717) is 13.1 Å². The Balaban J connectivity index is 1.97. The molecule has 2 aromatic rings. The molecule has 0 spiro atoms. The third kappa shape index (κ3) is 3.42. The van der Waals surface area contributed by atoms with Gasteiger partial charge in [-0.3, -0.25) is 4.79 Å². The summed E-state index contributed by atoms with van der Waals surface area (Å²) in [5, 5.41) is 2.92. The number of imidazole rings is 1. The Morgan fingerprint density at radius 2 is 2.14 bits per heavy atom. The monoisotopic (exact) mass is 288 g/mol. The van der Waals surface area contributed by atoms with Crippen molar-refractivity contribution < 1.29 is 4.79 Å². The van der Waals surface area contributed by atoms with Gasteiger partial charge in [0.15, 0.2) is 0 Å². The van der Waals surface area contributed by atoms with Gasteiger partial charge in [-0.15, -0.1) is 0 Å². The molecule has 5 nitrogen and oxygen atoms in total. The van der Waals surface area contributed by atoms with Crippen molar-refractivity contribution in [3.05, 3.63) is 30.1 Å². The fraction of sp³-hybridized carbons (Fsp3) is 0.500. The Kier molecular flexibility index (Phi) is 4.96. The first-order valence-corrected chi connectivity index (χ1v) is 7.49. The van der Waals surface area contributed by atoms with Gasteiger partial charge in [0.1, 0.15) is 5.82 Å². The maximum Gasteiger partial charge on any atom is 0.237 e. The maximum absolute atomic E-state index is 12.0. The number of hydrogen-bond donors (Lipinski definition) is 2. The zero-order valence-electron chi connectivity index (χ0n) is 13.0. The van der Waals surface area contributed by atoms with Crippen molar-refractivity contribution in [2.24, 2.45) is 11.7 Å². The minimum absolute atomic E-state index is 0.0774. The molecule has 2 atom stereocenters. The lowest BCUT2D eigenvalue weighted by atomic mass is 9.99. The summed E-state index contributed by atoms with van der Waals surface area (Å²) >= 11 is 0. The summed E-state index contributed by atoms with van der Waals surface area (Å²) in [6.45, 7) is 7.28. The fourth-order valence-corrected chi connectivity index (χ4v) is 2.40. The van der Waals surface area contributed by atoms with Crippen LogP contribution in [0.4, 0.5) is 0 Å². The third-order valence-electron chi connectivity index (χ3n) is 4.04. The molecule has 114 valence electrons. The summed E-state index contributed by atoms with van der Waals surface area (Å²) in [5.41, 5.74) is 8.00. The van der Waals surface area contributed by atoms with E-state index >= 15 is 0 Å². The molecule has 0 aliphatic carbocycles.